The molecule has 2 heteroatoms. The van der Waals surface area contributed by atoms with Gasteiger partial charge in [0.05, 0.1) is 0 Å². The molecule has 4 atom stereocenters. The second-order valence-electron chi connectivity index (χ2n) is 6.65. The van der Waals surface area contributed by atoms with Crippen molar-refractivity contribution in [2.75, 3.05) is 6.54 Å². The Morgan fingerprint density at radius 1 is 1.37 bits per heavy atom. The predicted octanol–water partition coefficient (Wildman–Crippen LogP) is 4.92. The zero-order chi connectivity index (χ0) is 13.2. The monoisotopic (exact) mass is 277 g/mol. The summed E-state index contributed by atoms with van der Waals surface area (Å²) in [5.41, 5.74) is 1.49. The third kappa shape index (κ3) is 2.90. The van der Waals surface area contributed by atoms with Gasteiger partial charge < -0.3 is 5.32 Å². The molecule has 1 N–H and O–H groups in total. The van der Waals surface area contributed by atoms with Crippen LogP contribution in [-0.4, -0.2) is 6.54 Å². The predicted molar refractivity (Wildman–Crippen MR) is 83.6 cm³/mol. The summed E-state index contributed by atoms with van der Waals surface area (Å²) in [6, 6.07) is 2.89. The van der Waals surface area contributed by atoms with E-state index in [-0.39, 0.29) is 0 Å². The van der Waals surface area contributed by atoms with Gasteiger partial charge in [0.15, 0.2) is 0 Å². The molecular weight excluding hydrogens is 250 g/mol. The summed E-state index contributed by atoms with van der Waals surface area (Å²) >= 11 is 1.95. The van der Waals surface area contributed by atoms with Gasteiger partial charge in [-0.15, -0.1) is 11.3 Å². The molecule has 1 aromatic rings. The van der Waals surface area contributed by atoms with E-state index in [4.69, 9.17) is 0 Å². The van der Waals surface area contributed by atoms with Crippen LogP contribution in [0.1, 0.15) is 61.9 Å². The van der Waals surface area contributed by atoms with Crippen molar-refractivity contribution in [3.63, 3.8) is 0 Å². The number of thiophene rings is 1. The van der Waals surface area contributed by atoms with Gasteiger partial charge >= 0.3 is 0 Å². The molecule has 1 aromatic heterocycles. The highest BCUT2D eigenvalue weighted by molar-refractivity contribution is 7.10. The average Bonchev–Trinajstić information content (AvgIpc) is 3.10. The lowest BCUT2D eigenvalue weighted by molar-refractivity contribution is 0.280. The zero-order valence-corrected chi connectivity index (χ0v) is 13.1. The molecule has 2 fully saturated rings. The van der Waals surface area contributed by atoms with Crippen molar-refractivity contribution in [3.8, 4) is 0 Å². The molecule has 1 heterocycles. The maximum atomic E-state index is 3.81. The molecule has 2 bridgehead atoms. The van der Waals surface area contributed by atoms with E-state index in [0.717, 1.165) is 24.3 Å². The van der Waals surface area contributed by atoms with Crippen molar-refractivity contribution in [3.05, 3.63) is 21.9 Å². The highest BCUT2D eigenvalue weighted by Crippen LogP contribution is 2.51. The topological polar surface area (TPSA) is 12.0 Å². The molecule has 0 aliphatic heterocycles. The molecule has 19 heavy (non-hydrogen) atoms. The highest BCUT2D eigenvalue weighted by atomic mass is 32.1. The molecule has 0 amide bonds. The summed E-state index contributed by atoms with van der Waals surface area (Å²) in [5.74, 6) is 3.12. The standard InChI is InChI=1S/C17H27NS/c1-3-7-18-16(17-12(2)6-8-19-17)11-15-10-13-4-5-14(15)9-13/h6,8,13-16,18H,3-5,7,9-11H2,1-2H3. The van der Waals surface area contributed by atoms with Gasteiger partial charge in [0.1, 0.15) is 0 Å². The van der Waals surface area contributed by atoms with E-state index in [2.05, 4.69) is 30.6 Å². The van der Waals surface area contributed by atoms with Crippen molar-refractivity contribution in [1.82, 2.24) is 5.32 Å². The summed E-state index contributed by atoms with van der Waals surface area (Å²) < 4.78 is 0. The summed E-state index contributed by atoms with van der Waals surface area (Å²) in [6.07, 6.45) is 8.69. The van der Waals surface area contributed by atoms with Gasteiger partial charge in [-0.25, -0.2) is 0 Å². The van der Waals surface area contributed by atoms with Gasteiger partial charge in [0.25, 0.3) is 0 Å². The van der Waals surface area contributed by atoms with E-state index in [1.165, 1.54) is 44.1 Å². The van der Waals surface area contributed by atoms with Gasteiger partial charge in [-0.2, -0.15) is 0 Å². The Hall–Kier alpha value is -0.340. The van der Waals surface area contributed by atoms with Crippen molar-refractivity contribution in [1.29, 1.82) is 0 Å². The van der Waals surface area contributed by atoms with Crippen molar-refractivity contribution in [2.24, 2.45) is 17.8 Å². The first-order valence-electron chi connectivity index (χ1n) is 8.05. The molecular formula is C17H27NS. The summed E-state index contributed by atoms with van der Waals surface area (Å²) in [4.78, 5) is 1.59. The minimum Gasteiger partial charge on any atom is -0.309 e. The van der Waals surface area contributed by atoms with E-state index in [1.807, 2.05) is 11.3 Å². The molecule has 0 radical (unpaired) electrons. The Morgan fingerprint density at radius 3 is 2.84 bits per heavy atom. The molecule has 2 aliphatic carbocycles. The maximum Gasteiger partial charge on any atom is 0.0420 e. The first kappa shape index (κ1) is 13.6. The Bertz CT molecular complexity index is 411. The van der Waals surface area contributed by atoms with Crippen LogP contribution >= 0.6 is 11.3 Å². The minimum atomic E-state index is 0.615. The smallest absolute Gasteiger partial charge is 0.0420 e. The van der Waals surface area contributed by atoms with Crippen LogP contribution in [0, 0.1) is 24.7 Å². The average molecular weight is 277 g/mol. The van der Waals surface area contributed by atoms with Crippen LogP contribution < -0.4 is 5.32 Å². The van der Waals surface area contributed by atoms with Crippen LogP contribution in [0.4, 0.5) is 0 Å². The third-order valence-corrected chi connectivity index (χ3v) is 6.41. The molecule has 0 saturated heterocycles. The molecule has 2 saturated carbocycles. The molecule has 106 valence electrons. The SMILES string of the molecule is CCCNC(CC1CC2CCC1C2)c1sccc1C. The normalized spacial score (nSPS) is 30.9. The molecule has 4 unspecified atom stereocenters. The van der Waals surface area contributed by atoms with Gasteiger partial charge in [-0.05, 0) is 80.3 Å². The Kier molecular flexibility index (Phi) is 4.28. The zero-order valence-electron chi connectivity index (χ0n) is 12.3. The van der Waals surface area contributed by atoms with Gasteiger partial charge in [0, 0.05) is 10.9 Å². The van der Waals surface area contributed by atoms with Gasteiger partial charge in [-0.1, -0.05) is 13.3 Å². The lowest BCUT2D eigenvalue weighted by Crippen LogP contribution is -2.26. The van der Waals surface area contributed by atoms with E-state index in [9.17, 15) is 0 Å². The summed E-state index contributed by atoms with van der Waals surface area (Å²) in [6.45, 7) is 5.69. The number of rotatable bonds is 6. The summed E-state index contributed by atoms with van der Waals surface area (Å²) in [5, 5.41) is 6.07. The fraction of sp³-hybridized carbons (Fsp3) is 0.765. The molecule has 0 spiro atoms. The Labute approximate surface area is 121 Å². The van der Waals surface area contributed by atoms with E-state index in [1.54, 1.807) is 4.88 Å². The lowest BCUT2D eigenvalue weighted by Gasteiger charge is -2.27. The van der Waals surface area contributed by atoms with Crippen LogP contribution in [0.2, 0.25) is 0 Å². The quantitative estimate of drug-likeness (QED) is 0.778. The second-order valence-corrected chi connectivity index (χ2v) is 7.59. The van der Waals surface area contributed by atoms with Gasteiger partial charge in [0.2, 0.25) is 0 Å². The van der Waals surface area contributed by atoms with Crippen LogP contribution in [0.25, 0.3) is 0 Å². The Morgan fingerprint density at radius 2 is 2.26 bits per heavy atom. The van der Waals surface area contributed by atoms with E-state index >= 15 is 0 Å². The fourth-order valence-electron chi connectivity index (χ4n) is 4.31. The van der Waals surface area contributed by atoms with Crippen LogP contribution in [0.15, 0.2) is 11.4 Å². The fourth-order valence-corrected chi connectivity index (χ4v) is 5.33. The van der Waals surface area contributed by atoms with Crippen LogP contribution in [0.3, 0.4) is 0 Å². The number of hydrogen-bond acceptors (Lipinski definition) is 2. The molecule has 3 rings (SSSR count). The number of aryl methyl sites for hydroxylation is 1. The first-order valence-corrected chi connectivity index (χ1v) is 8.93. The largest absolute Gasteiger partial charge is 0.309 e. The van der Waals surface area contributed by atoms with Crippen LogP contribution in [0.5, 0.6) is 0 Å². The maximum absolute atomic E-state index is 3.81. The van der Waals surface area contributed by atoms with E-state index in [0.29, 0.717) is 6.04 Å². The van der Waals surface area contributed by atoms with Crippen molar-refractivity contribution >= 4 is 11.3 Å². The second kappa shape index (κ2) is 5.97. The first-order chi connectivity index (χ1) is 9.28. The third-order valence-electron chi connectivity index (χ3n) is 5.28. The van der Waals surface area contributed by atoms with Crippen molar-refractivity contribution in [2.45, 2.75) is 58.4 Å². The number of nitrogens with one attached hydrogen (secondary N) is 1. The molecule has 2 aliphatic rings. The number of fused-ring (bicyclic) bond motifs is 2. The molecule has 0 aromatic carbocycles. The van der Waals surface area contributed by atoms with Crippen LogP contribution in [-0.2, 0) is 0 Å². The Balaban J connectivity index is 1.67. The highest BCUT2D eigenvalue weighted by Gasteiger charge is 2.40. The van der Waals surface area contributed by atoms with Gasteiger partial charge in [-0.3, -0.25) is 0 Å². The van der Waals surface area contributed by atoms with E-state index < -0.39 is 0 Å². The minimum absolute atomic E-state index is 0.615. The molecule has 1 nitrogen and oxygen atoms in total. The summed E-state index contributed by atoms with van der Waals surface area (Å²) in [7, 11) is 0. The number of hydrogen-bond donors (Lipinski definition) is 1. The van der Waals surface area contributed by atoms with Crippen molar-refractivity contribution < 1.29 is 0 Å². The lowest BCUT2D eigenvalue weighted by atomic mass is 9.83.